The Balaban J connectivity index is 1.57. The van der Waals surface area contributed by atoms with E-state index in [1.165, 1.54) is 6.92 Å². The largest absolute Gasteiger partial charge is 0.206 e. The van der Waals surface area contributed by atoms with Crippen molar-refractivity contribution >= 4 is 5.57 Å². The minimum absolute atomic E-state index is 0.219. The number of benzene rings is 3. The van der Waals surface area contributed by atoms with E-state index in [1.807, 2.05) is 31.2 Å². The van der Waals surface area contributed by atoms with Gasteiger partial charge in [-0.15, -0.1) is 0 Å². The number of rotatable bonds is 4. The van der Waals surface area contributed by atoms with Crippen molar-refractivity contribution in [2.24, 2.45) is 5.92 Å². The van der Waals surface area contributed by atoms with E-state index in [-0.39, 0.29) is 16.9 Å². The fourth-order valence-electron chi connectivity index (χ4n) is 4.21. The third kappa shape index (κ3) is 4.36. The summed E-state index contributed by atoms with van der Waals surface area (Å²) in [4.78, 5) is 0. The molecule has 0 saturated carbocycles. The topological polar surface area (TPSA) is 0 Å². The van der Waals surface area contributed by atoms with E-state index in [2.05, 4.69) is 18.2 Å². The zero-order valence-electron chi connectivity index (χ0n) is 17.8. The Kier molecular flexibility index (Phi) is 6.13. The molecule has 0 fully saturated rings. The van der Waals surface area contributed by atoms with Gasteiger partial charge in [-0.05, 0) is 72.9 Å². The van der Waals surface area contributed by atoms with Gasteiger partial charge >= 0.3 is 0 Å². The predicted molar refractivity (Wildman–Crippen MR) is 122 cm³/mol. The quantitative estimate of drug-likeness (QED) is 0.373. The van der Waals surface area contributed by atoms with Crippen molar-refractivity contribution in [3.05, 3.63) is 101 Å². The third-order valence-electron chi connectivity index (χ3n) is 6.04. The van der Waals surface area contributed by atoms with Gasteiger partial charge in [-0.1, -0.05) is 66.8 Å². The van der Waals surface area contributed by atoms with Crippen LogP contribution in [0.25, 0.3) is 27.8 Å². The second-order valence-electron chi connectivity index (χ2n) is 8.12. The fourth-order valence-corrected chi connectivity index (χ4v) is 4.21. The maximum atomic E-state index is 14.9. The number of aryl methyl sites for hydroxylation is 1. The lowest BCUT2D eigenvalue weighted by Crippen LogP contribution is -2.03. The molecule has 0 spiro atoms. The van der Waals surface area contributed by atoms with Crippen LogP contribution in [0.15, 0.2) is 72.8 Å². The van der Waals surface area contributed by atoms with Crippen LogP contribution in [0.3, 0.4) is 0 Å². The first-order valence-corrected chi connectivity index (χ1v) is 10.6. The van der Waals surface area contributed by atoms with Gasteiger partial charge in [-0.25, -0.2) is 13.2 Å². The standard InChI is InChI=1S/C28H25F3/c1-3-4-19-6-8-21(9-7-19)24-16-14-23(17-26(24)29)20-10-12-22(13-11-20)25-15-5-18(2)27(30)28(25)31/h3-5,8,10-17,19H,6-7,9H2,1-2H3. The highest BCUT2D eigenvalue weighted by Crippen LogP contribution is 2.34. The molecule has 0 heterocycles. The van der Waals surface area contributed by atoms with Gasteiger partial charge in [0.05, 0.1) is 0 Å². The van der Waals surface area contributed by atoms with Gasteiger partial charge in [0.25, 0.3) is 0 Å². The molecule has 0 aromatic heterocycles. The van der Waals surface area contributed by atoms with Crippen LogP contribution in [0, 0.1) is 30.3 Å². The summed E-state index contributed by atoms with van der Waals surface area (Å²) >= 11 is 0. The van der Waals surface area contributed by atoms with E-state index in [9.17, 15) is 13.2 Å². The summed E-state index contributed by atoms with van der Waals surface area (Å²) < 4.78 is 43.1. The monoisotopic (exact) mass is 418 g/mol. The Labute approximate surface area is 181 Å². The van der Waals surface area contributed by atoms with Gasteiger partial charge in [0.15, 0.2) is 11.6 Å². The Bertz CT molecular complexity index is 1150. The molecule has 0 aliphatic heterocycles. The smallest absolute Gasteiger partial charge is 0.166 e. The van der Waals surface area contributed by atoms with Gasteiger partial charge in [0, 0.05) is 11.1 Å². The van der Waals surface area contributed by atoms with Crippen LogP contribution >= 0.6 is 0 Å². The minimum Gasteiger partial charge on any atom is -0.206 e. The van der Waals surface area contributed by atoms with Crippen LogP contribution in [0.5, 0.6) is 0 Å². The molecule has 0 saturated heterocycles. The lowest BCUT2D eigenvalue weighted by Gasteiger charge is -2.20. The van der Waals surface area contributed by atoms with Crippen molar-refractivity contribution < 1.29 is 13.2 Å². The third-order valence-corrected chi connectivity index (χ3v) is 6.04. The highest BCUT2D eigenvalue weighted by atomic mass is 19.2. The molecule has 0 radical (unpaired) electrons. The van der Waals surface area contributed by atoms with Gasteiger partial charge < -0.3 is 0 Å². The van der Waals surface area contributed by atoms with Crippen molar-refractivity contribution in [3.63, 3.8) is 0 Å². The van der Waals surface area contributed by atoms with Crippen molar-refractivity contribution in [1.82, 2.24) is 0 Å². The summed E-state index contributed by atoms with van der Waals surface area (Å²) in [7, 11) is 0. The number of hydrogen-bond donors (Lipinski definition) is 0. The van der Waals surface area contributed by atoms with E-state index in [1.54, 1.807) is 30.3 Å². The number of halogens is 3. The summed E-state index contributed by atoms with van der Waals surface area (Å²) in [5.41, 5.74) is 4.39. The maximum absolute atomic E-state index is 14.9. The van der Waals surface area contributed by atoms with Crippen molar-refractivity contribution in [3.8, 4) is 22.3 Å². The molecule has 1 aliphatic rings. The normalized spacial score (nSPS) is 16.5. The Morgan fingerprint density at radius 2 is 1.48 bits per heavy atom. The van der Waals surface area contributed by atoms with Gasteiger partial charge in [0.1, 0.15) is 5.82 Å². The molecule has 4 rings (SSSR count). The lowest BCUT2D eigenvalue weighted by molar-refractivity contribution is 0.505. The summed E-state index contributed by atoms with van der Waals surface area (Å²) in [6.07, 6.45) is 9.30. The Hall–Kier alpha value is -3.07. The van der Waals surface area contributed by atoms with E-state index in [0.717, 1.165) is 36.0 Å². The average Bonchev–Trinajstić information content (AvgIpc) is 2.79. The molecule has 1 unspecified atom stereocenters. The van der Waals surface area contributed by atoms with Crippen LogP contribution in [-0.4, -0.2) is 0 Å². The Morgan fingerprint density at radius 3 is 2.13 bits per heavy atom. The molecule has 0 bridgehead atoms. The van der Waals surface area contributed by atoms with Crippen molar-refractivity contribution in [2.75, 3.05) is 0 Å². The second-order valence-corrected chi connectivity index (χ2v) is 8.12. The molecule has 0 amide bonds. The first-order chi connectivity index (χ1) is 15.0. The second kappa shape index (κ2) is 8.97. The van der Waals surface area contributed by atoms with Crippen LogP contribution in [0.2, 0.25) is 0 Å². The van der Waals surface area contributed by atoms with E-state index < -0.39 is 11.6 Å². The summed E-state index contributed by atoms with van der Waals surface area (Å²) in [5.74, 6) is -1.36. The summed E-state index contributed by atoms with van der Waals surface area (Å²) in [5, 5.41) is 0. The molecule has 3 aromatic rings. The van der Waals surface area contributed by atoms with Crippen molar-refractivity contribution in [1.29, 1.82) is 0 Å². The summed E-state index contributed by atoms with van der Waals surface area (Å²) in [6, 6.07) is 15.5. The maximum Gasteiger partial charge on any atom is 0.166 e. The first-order valence-electron chi connectivity index (χ1n) is 10.6. The molecule has 0 N–H and O–H groups in total. The molecule has 158 valence electrons. The molecular formula is C28H25F3. The molecule has 31 heavy (non-hydrogen) atoms. The van der Waals surface area contributed by atoms with E-state index >= 15 is 0 Å². The zero-order valence-corrected chi connectivity index (χ0v) is 17.8. The Morgan fingerprint density at radius 1 is 0.806 bits per heavy atom. The van der Waals surface area contributed by atoms with Gasteiger partial charge in [0.2, 0.25) is 0 Å². The van der Waals surface area contributed by atoms with Gasteiger partial charge in [-0.3, -0.25) is 0 Å². The SMILES string of the molecule is CC=CC1CC=C(c2ccc(-c3ccc(-c4ccc(C)c(F)c4F)cc3)cc2F)CC1. The highest BCUT2D eigenvalue weighted by Gasteiger charge is 2.17. The van der Waals surface area contributed by atoms with Crippen LogP contribution in [0.1, 0.15) is 37.3 Å². The van der Waals surface area contributed by atoms with Crippen LogP contribution in [0.4, 0.5) is 13.2 Å². The predicted octanol–water partition coefficient (Wildman–Crippen LogP) is 8.51. The van der Waals surface area contributed by atoms with E-state index in [4.69, 9.17) is 0 Å². The van der Waals surface area contributed by atoms with Crippen LogP contribution < -0.4 is 0 Å². The molecule has 0 nitrogen and oxygen atoms in total. The molecule has 1 aliphatic carbocycles. The van der Waals surface area contributed by atoms with Crippen LogP contribution in [-0.2, 0) is 0 Å². The molecule has 1 atom stereocenters. The summed E-state index contributed by atoms with van der Waals surface area (Å²) in [6.45, 7) is 3.56. The van der Waals surface area contributed by atoms with Crippen molar-refractivity contribution in [2.45, 2.75) is 33.1 Å². The molecule has 3 heteroatoms. The molecule has 3 aromatic carbocycles. The first kappa shape index (κ1) is 21.2. The minimum atomic E-state index is -0.847. The number of hydrogen-bond acceptors (Lipinski definition) is 0. The lowest BCUT2D eigenvalue weighted by atomic mass is 9.86. The molecular weight excluding hydrogens is 393 g/mol. The van der Waals surface area contributed by atoms with E-state index in [0.29, 0.717) is 17.0 Å². The average molecular weight is 419 g/mol. The zero-order chi connectivity index (χ0) is 22.0. The number of allylic oxidation sites excluding steroid dienone is 4. The van der Waals surface area contributed by atoms with Gasteiger partial charge in [-0.2, -0.15) is 0 Å². The highest BCUT2D eigenvalue weighted by molar-refractivity contribution is 5.74. The fraction of sp³-hybridized carbons (Fsp3) is 0.214.